The molecule has 0 aromatic carbocycles. The molecule has 0 saturated carbocycles. The van der Waals surface area contributed by atoms with Crippen LogP contribution in [0.3, 0.4) is 0 Å². The van der Waals surface area contributed by atoms with Crippen molar-refractivity contribution in [1.82, 2.24) is 0 Å². The molecule has 392 valence electrons. The molecule has 0 unspecified atom stereocenters. The number of hydrogen-bond donors (Lipinski definition) is 20. The van der Waals surface area contributed by atoms with Gasteiger partial charge in [0.1, 0.15) is 146 Å². The normalized spacial score (nSPS) is 53.4. The summed E-state index contributed by atoms with van der Waals surface area (Å²) in [5, 5.41) is 210. The van der Waals surface area contributed by atoms with Crippen LogP contribution in [0.4, 0.5) is 0 Å². The van der Waals surface area contributed by atoms with Gasteiger partial charge in [-0.15, -0.1) is 0 Å². The highest BCUT2D eigenvalue weighted by atomic mass is 16.8. The first-order valence-electron chi connectivity index (χ1n) is 21.1. The molecule has 0 aliphatic carbocycles. The van der Waals surface area contributed by atoms with E-state index >= 15 is 0 Å². The summed E-state index contributed by atoms with van der Waals surface area (Å²) in [5.74, 6) is 0. The van der Waals surface area contributed by atoms with E-state index in [2.05, 4.69) is 0 Å². The minimum absolute atomic E-state index is 0.790. The predicted molar refractivity (Wildman–Crippen MR) is 199 cm³/mol. The van der Waals surface area contributed by atoms with Gasteiger partial charge in [0.25, 0.3) is 0 Å². The van der Waals surface area contributed by atoms with Gasteiger partial charge >= 0.3 is 0 Å². The van der Waals surface area contributed by atoms with Crippen molar-refractivity contribution in [2.24, 2.45) is 0 Å². The molecule has 6 aliphatic rings. The van der Waals surface area contributed by atoms with Crippen LogP contribution >= 0.6 is 0 Å². The summed E-state index contributed by atoms with van der Waals surface area (Å²) in [4.78, 5) is 0. The van der Waals surface area contributed by atoms with Gasteiger partial charge in [-0.1, -0.05) is 0 Å². The highest BCUT2D eigenvalue weighted by Crippen LogP contribution is 2.35. The molecular formula is C36H62O31. The summed E-state index contributed by atoms with van der Waals surface area (Å²) in [6, 6.07) is 0. The Morgan fingerprint density at radius 3 is 0.896 bits per heavy atom. The summed E-state index contributed by atoms with van der Waals surface area (Å²) in [6.07, 6.45) is -57.8. The molecular weight excluding hydrogens is 928 g/mol. The Balaban J connectivity index is 1.20. The van der Waals surface area contributed by atoms with E-state index < -0.39 is 224 Å². The standard InChI is InChI=1S/C36H62O31/c37-1-7-13(41)19(47)22(50)32(60-7)57-5-11-17(45)28(25(53)31(56)59-11)65-35-26(54)29(16(44)10(4-40)63-35)67-36-27(55)30(66-34-24(52)21(49)15(43)9(3-39)62-34)18(46)12(64-36)6-58-33-23(51)20(48)14(42)8(2-38)61-33/h7-56H,1-6H2/t7-,8-,9-,10-,11-,12-,13-,14-,15-,16-,17-,18-,19+,20+,21+,22+,23-,24+,25-,26-,27-,28+,29+,30+,31-,32+,33-,34-,35+,36-/m1/s1. The molecule has 0 amide bonds. The highest BCUT2D eigenvalue weighted by molar-refractivity contribution is 4.99. The quantitative estimate of drug-likeness (QED) is 0.0683. The Bertz CT molecular complexity index is 1500. The van der Waals surface area contributed by atoms with E-state index in [9.17, 15) is 102 Å². The fourth-order valence-electron chi connectivity index (χ4n) is 8.29. The summed E-state index contributed by atoms with van der Waals surface area (Å²) < 4.78 is 60.5. The number of hydrogen-bond acceptors (Lipinski definition) is 31. The third-order valence-electron chi connectivity index (χ3n) is 12.4. The van der Waals surface area contributed by atoms with Gasteiger partial charge in [-0.2, -0.15) is 0 Å². The molecule has 20 N–H and O–H groups in total. The SMILES string of the molecule is OC[C@H]1O[C@H](OC[C@H]2O[C@@H](O)[C@H](O)[C@@H](O[C@@H]3O[C@H](CO)[C@@H](O)[C@H](O[C@H]4O[C@H](CO[C@@H]5O[C@H](CO)[C@@H](O)[C@H](O)[C@H]5O)[C@@H](O)[C@H](O[C@H]5O[C@H](CO)[C@@H](O)[C@H](O)[C@@H]5O)[C@H]4O)[C@H]3O)[C@@H]2O)[C@@H](O)[C@@H](O)[C@@H]1O. The largest absolute Gasteiger partial charge is 0.394 e. The number of aliphatic hydroxyl groups excluding tert-OH is 20. The third-order valence-corrected chi connectivity index (χ3v) is 12.4. The Hall–Kier alpha value is -1.24. The molecule has 6 heterocycles. The summed E-state index contributed by atoms with van der Waals surface area (Å²) >= 11 is 0. The average Bonchev–Trinajstić information content (AvgIpc) is 3.31. The second kappa shape index (κ2) is 23.5. The van der Waals surface area contributed by atoms with Gasteiger partial charge in [0.05, 0.1) is 39.6 Å². The van der Waals surface area contributed by atoms with Gasteiger partial charge in [0.15, 0.2) is 37.7 Å². The first-order chi connectivity index (χ1) is 31.7. The summed E-state index contributed by atoms with van der Waals surface area (Å²) in [5.41, 5.74) is 0. The first kappa shape index (κ1) is 55.1. The fourth-order valence-corrected chi connectivity index (χ4v) is 8.29. The van der Waals surface area contributed by atoms with Crippen LogP contribution in [0.5, 0.6) is 0 Å². The molecule has 6 fully saturated rings. The molecule has 30 atom stereocenters. The second-order valence-electron chi connectivity index (χ2n) is 16.8. The van der Waals surface area contributed by atoms with E-state index in [-0.39, 0.29) is 0 Å². The lowest BCUT2D eigenvalue weighted by atomic mass is 9.95. The molecule has 67 heavy (non-hydrogen) atoms. The molecule has 0 aromatic rings. The van der Waals surface area contributed by atoms with Crippen molar-refractivity contribution in [2.45, 2.75) is 184 Å². The molecule has 6 saturated heterocycles. The smallest absolute Gasteiger partial charge is 0.187 e. The lowest BCUT2D eigenvalue weighted by Gasteiger charge is -2.49. The average molecular weight is 991 g/mol. The Morgan fingerprint density at radius 1 is 0.254 bits per heavy atom. The lowest BCUT2D eigenvalue weighted by molar-refractivity contribution is -0.393. The predicted octanol–water partition coefficient (Wildman–Crippen LogP) is -14.1. The van der Waals surface area contributed by atoms with Crippen LogP contribution < -0.4 is 0 Å². The molecule has 6 aliphatic heterocycles. The number of rotatable bonds is 16. The molecule has 0 aromatic heterocycles. The molecule has 0 radical (unpaired) electrons. The van der Waals surface area contributed by atoms with Gasteiger partial charge in [-0.3, -0.25) is 0 Å². The van der Waals surface area contributed by atoms with Crippen LogP contribution in [0, 0.1) is 0 Å². The molecule has 31 heteroatoms. The lowest BCUT2D eigenvalue weighted by Crippen LogP contribution is -2.68. The van der Waals surface area contributed by atoms with Crippen LogP contribution in [-0.4, -0.2) is 326 Å². The van der Waals surface area contributed by atoms with Crippen molar-refractivity contribution in [3.8, 4) is 0 Å². The van der Waals surface area contributed by atoms with E-state index in [0.717, 1.165) is 0 Å². The van der Waals surface area contributed by atoms with E-state index in [1.807, 2.05) is 0 Å². The van der Waals surface area contributed by atoms with Crippen molar-refractivity contribution in [1.29, 1.82) is 0 Å². The van der Waals surface area contributed by atoms with Crippen LogP contribution in [0.2, 0.25) is 0 Å². The molecule has 0 bridgehead atoms. The first-order valence-corrected chi connectivity index (χ1v) is 21.1. The Labute approximate surface area is 378 Å². The molecule has 31 nitrogen and oxygen atoms in total. The third kappa shape index (κ3) is 11.5. The van der Waals surface area contributed by atoms with Gasteiger partial charge in [-0.25, -0.2) is 0 Å². The second-order valence-corrected chi connectivity index (χ2v) is 16.8. The van der Waals surface area contributed by atoms with Gasteiger partial charge in [0, 0.05) is 0 Å². The Morgan fingerprint density at radius 2 is 0.522 bits per heavy atom. The maximum atomic E-state index is 11.6. The molecule has 6 rings (SSSR count). The van der Waals surface area contributed by atoms with Crippen molar-refractivity contribution in [3.63, 3.8) is 0 Å². The number of ether oxygens (including phenoxy) is 11. The Kier molecular flexibility index (Phi) is 19.4. The van der Waals surface area contributed by atoms with E-state index in [1.54, 1.807) is 0 Å². The van der Waals surface area contributed by atoms with E-state index in [4.69, 9.17) is 52.1 Å². The monoisotopic (exact) mass is 990 g/mol. The van der Waals surface area contributed by atoms with Crippen molar-refractivity contribution in [2.75, 3.05) is 39.6 Å². The topological polar surface area (TPSA) is 506 Å². The zero-order valence-corrected chi connectivity index (χ0v) is 35.0. The van der Waals surface area contributed by atoms with Crippen molar-refractivity contribution >= 4 is 0 Å². The van der Waals surface area contributed by atoms with Gasteiger partial charge in [0.2, 0.25) is 0 Å². The summed E-state index contributed by atoms with van der Waals surface area (Å²) in [7, 11) is 0. The number of aliphatic hydroxyl groups is 20. The minimum atomic E-state index is -2.27. The van der Waals surface area contributed by atoms with Crippen LogP contribution in [0.15, 0.2) is 0 Å². The maximum absolute atomic E-state index is 11.6. The van der Waals surface area contributed by atoms with Crippen LogP contribution in [0.25, 0.3) is 0 Å². The van der Waals surface area contributed by atoms with Crippen molar-refractivity contribution < 1.29 is 154 Å². The van der Waals surface area contributed by atoms with Crippen molar-refractivity contribution in [3.05, 3.63) is 0 Å². The van der Waals surface area contributed by atoms with Gasteiger partial charge in [-0.05, 0) is 0 Å². The fraction of sp³-hybridized carbons (Fsp3) is 1.00. The highest BCUT2D eigenvalue weighted by Gasteiger charge is 2.56. The molecule has 0 spiro atoms. The van der Waals surface area contributed by atoms with Crippen LogP contribution in [-0.2, 0) is 52.1 Å². The minimum Gasteiger partial charge on any atom is -0.394 e. The van der Waals surface area contributed by atoms with Crippen LogP contribution in [0.1, 0.15) is 0 Å². The van der Waals surface area contributed by atoms with Gasteiger partial charge < -0.3 is 154 Å². The van der Waals surface area contributed by atoms with E-state index in [0.29, 0.717) is 0 Å². The zero-order chi connectivity index (χ0) is 49.3. The summed E-state index contributed by atoms with van der Waals surface area (Å²) in [6.45, 7) is -5.31. The maximum Gasteiger partial charge on any atom is 0.187 e. The zero-order valence-electron chi connectivity index (χ0n) is 35.0. The van der Waals surface area contributed by atoms with E-state index in [1.165, 1.54) is 0 Å².